The molecule has 0 spiro atoms. The number of hydrogen-bond acceptors (Lipinski definition) is 4. The third-order valence-corrected chi connectivity index (χ3v) is 5.37. The number of ether oxygens (including phenoxy) is 1. The Morgan fingerprint density at radius 2 is 1.96 bits per heavy atom. The fraction of sp³-hybridized carbons (Fsp3) is 0.476. The van der Waals surface area contributed by atoms with Crippen molar-refractivity contribution >= 4 is 6.08 Å². The Hall–Kier alpha value is -2.07. The van der Waals surface area contributed by atoms with Crippen LogP contribution in [0.1, 0.15) is 49.0 Å². The minimum Gasteiger partial charge on any atom is -0.471 e. The predicted molar refractivity (Wildman–Crippen MR) is 98.4 cm³/mol. The second-order valence-corrected chi connectivity index (χ2v) is 7.23. The standard InChI is InChI=1S/C21H26N2O2/c1-16-13-21(22-25-16)24-15-19-7-5-17(6-8-19)14-18-9-11-23(12-10-18)20-3-2-4-20/h5-8,13-14,20H,2-4,9-12,15H2,1H3. The van der Waals surface area contributed by atoms with Crippen molar-refractivity contribution in [1.29, 1.82) is 0 Å². The molecule has 0 unspecified atom stereocenters. The van der Waals surface area contributed by atoms with Crippen molar-refractivity contribution in [3.05, 3.63) is 52.8 Å². The zero-order valence-corrected chi connectivity index (χ0v) is 14.9. The molecule has 0 atom stereocenters. The summed E-state index contributed by atoms with van der Waals surface area (Å²) in [6.45, 7) is 4.84. The Morgan fingerprint density at radius 3 is 2.56 bits per heavy atom. The Balaban J connectivity index is 1.29. The molecular weight excluding hydrogens is 312 g/mol. The molecule has 2 heterocycles. The van der Waals surface area contributed by atoms with E-state index in [0.29, 0.717) is 12.5 Å². The summed E-state index contributed by atoms with van der Waals surface area (Å²) in [5, 5.41) is 3.84. The first-order chi connectivity index (χ1) is 12.3. The molecule has 2 aliphatic rings. The number of nitrogens with zero attached hydrogens (tertiary/aromatic N) is 2. The van der Waals surface area contributed by atoms with E-state index >= 15 is 0 Å². The zero-order valence-electron chi connectivity index (χ0n) is 14.9. The van der Waals surface area contributed by atoms with Crippen LogP contribution in [0.4, 0.5) is 0 Å². The number of rotatable bonds is 5. The average molecular weight is 338 g/mol. The van der Waals surface area contributed by atoms with Gasteiger partial charge in [-0.1, -0.05) is 42.3 Å². The van der Waals surface area contributed by atoms with E-state index in [1.165, 1.54) is 50.8 Å². The normalized spacial score (nSPS) is 18.8. The summed E-state index contributed by atoms with van der Waals surface area (Å²) < 4.78 is 10.6. The molecule has 0 radical (unpaired) electrons. The Kier molecular flexibility index (Phi) is 4.88. The van der Waals surface area contributed by atoms with Crippen molar-refractivity contribution in [2.24, 2.45) is 0 Å². The second kappa shape index (κ2) is 7.44. The van der Waals surface area contributed by atoms with Crippen LogP contribution in [-0.4, -0.2) is 29.2 Å². The summed E-state index contributed by atoms with van der Waals surface area (Å²) >= 11 is 0. The largest absolute Gasteiger partial charge is 0.471 e. The summed E-state index contributed by atoms with van der Waals surface area (Å²) in [4.78, 5) is 2.69. The maximum absolute atomic E-state index is 5.63. The summed E-state index contributed by atoms with van der Waals surface area (Å²) in [5.74, 6) is 1.31. The molecule has 2 aromatic rings. The van der Waals surface area contributed by atoms with Gasteiger partial charge in [-0.3, -0.25) is 4.90 Å². The fourth-order valence-corrected chi connectivity index (χ4v) is 3.59. The molecule has 1 aromatic carbocycles. The topological polar surface area (TPSA) is 38.5 Å². The van der Waals surface area contributed by atoms with Crippen LogP contribution >= 0.6 is 0 Å². The fourth-order valence-electron chi connectivity index (χ4n) is 3.59. The van der Waals surface area contributed by atoms with Gasteiger partial charge in [0.25, 0.3) is 5.88 Å². The van der Waals surface area contributed by atoms with E-state index in [2.05, 4.69) is 40.4 Å². The minimum absolute atomic E-state index is 0.513. The third kappa shape index (κ3) is 4.13. The number of benzene rings is 1. The van der Waals surface area contributed by atoms with Gasteiger partial charge in [0.1, 0.15) is 12.4 Å². The maximum atomic E-state index is 5.63. The van der Waals surface area contributed by atoms with Crippen LogP contribution < -0.4 is 4.74 Å². The Morgan fingerprint density at radius 1 is 1.20 bits per heavy atom. The van der Waals surface area contributed by atoms with Crippen molar-refractivity contribution in [2.75, 3.05) is 13.1 Å². The van der Waals surface area contributed by atoms with Gasteiger partial charge in [0.05, 0.1) is 0 Å². The van der Waals surface area contributed by atoms with Crippen LogP contribution in [0.2, 0.25) is 0 Å². The molecule has 0 N–H and O–H groups in total. The molecule has 132 valence electrons. The highest BCUT2D eigenvalue weighted by Crippen LogP contribution is 2.29. The van der Waals surface area contributed by atoms with Gasteiger partial charge in [0, 0.05) is 25.2 Å². The Bertz CT molecular complexity index is 719. The van der Waals surface area contributed by atoms with Crippen molar-refractivity contribution < 1.29 is 9.26 Å². The van der Waals surface area contributed by atoms with Gasteiger partial charge < -0.3 is 9.26 Å². The van der Waals surface area contributed by atoms with Crippen LogP contribution in [0.3, 0.4) is 0 Å². The van der Waals surface area contributed by atoms with Crippen molar-refractivity contribution in [3.63, 3.8) is 0 Å². The molecule has 25 heavy (non-hydrogen) atoms. The van der Waals surface area contributed by atoms with Gasteiger partial charge in [-0.15, -0.1) is 0 Å². The molecule has 1 saturated heterocycles. The van der Waals surface area contributed by atoms with Crippen molar-refractivity contribution in [2.45, 2.75) is 51.7 Å². The van der Waals surface area contributed by atoms with Gasteiger partial charge in [-0.25, -0.2) is 0 Å². The quantitative estimate of drug-likeness (QED) is 0.799. The van der Waals surface area contributed by atoms with Crippen molar-refractivity contribution in [3.8, 4) is 5.88 Å². The number of piperidine rings is 1. The van der Waals surface area contributed by atoms with E-state index in [1.807, 2.05) is 6.92 Å². The monoisotopic (exact) mass is 338 g/mol. The highest BCUT2D eigenvalue weighted by atomic mass is 16.5. The first-order valence-corrected chi connectivity index (χ1v) is 9.35. The summed E-state index contributed by atoms with van der Waals surface area (Å²) in [6.07, 6.45) is 9.05. The lowest BCUT2D eigenvalue weighted by Gasteiger charge is -2.40. The van der Waals surface area contributed by atoms with Gasteiger partial charge in [-0.2, -0.15) is 0 Å². The first kappa shape index (κ1) is 16.4. The van der Waals surface area contributed by atoms with Crippen LogP contribution in [0.15, 0.2) is 40.4 Å². The van der Waals surface area contributed by atoms with Crippen LogP contribution in [0.25, 0.3) is 6.08 Å². The lowest BCUT2D eigenvalue weighted by atomic mass is 9.89. The van der Waals surface area contributed by atoms with Gasteiger partial charge >= 0.3 is 0 Å². The minimum atomic E-state index is 0.513. The molecule has 1 aromatic heterocycles. The average Bonchev–Trinajstić information content (AvgIpc) is 3.00. The molecule has 1 aliphatic heterocycles. The molecular formula is C21H26N2O2. The van der Waals surface area contributed by atoms with Crippen LogP contribution in [-0.2, 0) is 6.61 Å². The predicted octanol–water partition coefficient (Wildman–Crippen LogP) is 4.59. The molecule has 4 nitrogen and oxygen atoms in total. The lowest BCUT2D eigenvalue weighted by molar-refractivity contribution is 0.118. The van der Waals surface area contributed by atoms with Gasteiger partial charge in [-0.05, 0) is 48.9 Å². The van der Waals surface area contributed by atoms with E-state index in [0.717, 1.165) is 17.4 Å². The first-order valence-electron chi connectivity index (χ1n) is 9.35. The van der Waals surface area contributed by atoms with Crippen molar-refractivity contribution in [1.82, 2.24) is 10.1 Å². The smallest absolute Gasteiger partial charge is 0.254 e. The van der Waals surface area contributed by atoms with E-state index in [9.17, 15) is 0 Å². The third-order valence-electron chi connectivity index (χ3n) is 5.37. The molecule has 2 fully saturated rings. The van der Waals surface area contributed by atoms with E-state index in [4.69, 9.17) is 9.26 Å². The van der Waals surface area contributed by atoms with Gasteiger partial charge in [0.15, 0.2) is 0 Å². The number of aryl methyl sites for hydroxylation is 1. The zero-order chi connectivity index (χ0) is 17.1. The van der Waals surface area contributed by atoms with E-state index in [-0.39, 0.29) is 0 Å². The second-order valence-electron chi connectivity index (χ2n) is 7.23. The molecule has 4 rings (SSSR count). The summed E-state index contributed by atoms with van der Waals surface area (Å²) in [6, 6.07) is 11.3. The van der Waals surface area contributed by atoms with Crippen LogP contribution in [0, 0.1) is 6.92 Å². The molecule has 4 heteroatoms. The van der Waals surface area contributed by atoms with E-state index < -0.39 is 0 Å². The lowest BCUT2D eigenvalue weighted by Crippen LogP contribution is -2.43. The molecule has 0 amide bonds. The maximum Gasteiger partial charge on any atom is 0.254 e. The number of likely N-dealkylation sites (tertiary alicyclic amines) is 1. The Labute approximate surface area is 149 Å². The molecule has 1 aliphatic carbocycles. The number of hydrogen-bond donors (Lipinski definition) is 0. The molecule has 1 saturated carbocycles. The van der Waals surface area contributed by atoms with E-state index in [1.54, 1.807) is 11.6 Å². The summed E-state index contributed by atoms with van der Waals surface area (Å²) in [5.41, 5.74) is 4.01. The number of aromatic nitrogens is 1. The highest BCUT2D eigenvalue weighted by molar-refractivity contribution is 5.53. The van der Waals surface area contributed by atoms with Gasteiger partial charge in [0.2, 0.25) is 0 Å². The highest BCUT2D eigenvalue weighted by Gasteiger charge is 2.26. The summed E-state index contributed by atoms with van der Waals surface area (Å²) in [7, 11) is 0. The molecule has 0 bridgehead atoms. The van der Waals surface area contributed by atoms with Crippen LogP contribution in [0.5, 0.6) is 5.88 Å². The SMILES string of the molecule is Cc1cc(OCc2ccc(C=C3CCN(C4CCC4)CC3)cc2)no1.